The van der Waals surface area contributed by atoms with Crippen molar-refractivity contribution in [3.63, 3.8) is 0 Å². The van der Waals surface area contributed by atoms with Crippen LogP contribution in [0.1, 0.15) is 44.1 Å². The third kappa shape index (κ3) is 4.89. The van der Waals surface area contributed by atoms with Gasteiger partial charge in [0.25, 0.3) is 0 Å². The molecule has 0 spiro atoms. The molecular formula is C19H23N5O2S2. The summed E-state index contributed by atoms with van der Waals surface area (Å²) in [5.74, 6) is 2.26. The average Bonchev–Trinajstić information content (AvgIpc) is 3.46. The molecule has 28 heavy (non-hydrogen) atoms. The Morgan fingerprint density at radius 2 is 2.11 bits per heavy atom. The lowest BCUT2D eigenvalue weighted by Crippen LogP contribution is -2.18. The van der Waals surface area contributed by atoms with Gasteiger partial charge in [-0.3, -0.25) is 0 Å². The molecule has 148 valence electrons. The summed E-state index contributed by atoms with van der Waals surface area (Å²) < 4.78 is 11.9. The summed E-state index contributed by atoms with van der Waals surface area (Å²) in [5.41, 5.74) is 2.25. The molecule has 0 bridgehead atoms. The van der Waals surface area contributed by atoms with Crippen LogP contribution in [0.25, 0.3) is 11.4 Å². The third-order valence-electron chi connectivity index (χ3n) is 4.53. The van der Waals surface area contributed by atoms with Gasteiger partial charge in [-0.05, 0) is 24.3 Å². The second kappa shape index (κ2) is 9.02. The summed E-state index contributed by atoms with van der Waals surface area (Å²) in [7, 11) is 0. The van der Waals surface area contributed by atoms with Gasteiger partial charge in [0.05, 0.1) is 11.9 Å². The first-order valence-corrected chi connectivity index (χ1v) is 11.2. The molecule has 1 saturated heterocycles. The number of thioether (sulfide) groups is 1. The normalized spacial score (nSPS) is 16.8. The van der Waals surface area contributed by atoms with Crippen LogP contribution in [0, 0.1) is 0 Å². The number of anilines is 1. The van der Waals surface area contributed by atoms with Crippen molar-refractivity contribution in [1.82, 2.24) is 20.3 Å². The maximum atomic E-state index is 5.60. The molecule has 0 aliphatic carbocycles. The second-order valence-electron chi connectivity index (χ2n) is 6.97. The van der Waals surface area contributed by atoms with Crippen LogP contribution in [0.3, 0.4) is 0 Å². The van der Waals surface area contributed by atoms with Gasteiger partial charge in [-0.25, -0.2) is 0 Å². The van der Waals surface area contributed by atoms with E-state index < -0.39 is 0 Å². The maximum Gasteiger partial charge on any atom is 0.237 e. The van der Waals surface area contributed by atoms with Gasteiger partial charge in [0.1, 0.15) is 0 Å². The fraction of sp³-hybridized carbons (Fsp3) is 0.474. The molecule has 0 radical (unpaired) electrons. The van der Waals surface area contributed by atoms with Gasteiger partial charge in [-0.1, -0.05) is 66.4 Å². The van der Waals surface area contributed by atoms with Gasteiger partial charge in [0.15, 0.2) is 4.34 Å². The molecule has 7 nitrogen and oxygen atoms in total. The summed E-state index contributed by atoms with van der Waals surface area (Å²) >= 11 is 3.07. The van der Waals surface area contributed by atoms with E-state index in [0.29, 0.717) is 23.4 Å². The van der Waals surface area contributed by atoms with Gasteiger partial charge in [0, 0.05) is 18.7 Å². The summed E-state index contributed by atoms with van der Waals surface area (Å²) in [6, 6.07) is 8.29. The van der Waals surface area contributed by atoms with E-state index in [2.05, 4.69) is 51.6 Å². The van der Waals surface area contributed by atoms with Crippen molar-refractivity contribution >= 4 is 28.2 Å². The van der Waals surface area contributed by atoms with Crippen molar-refractivity contribution in [1.29, 1.82) is 0 Å². The van der Waals surface area contributed by atoms with Gasteiger partial charge >= 0.3 is 0 Å². The van der Waals surface area contributed by atoms with Crippen molar-refractivity contribution in [2.45, 2.75) is 48.8 Å². The molecule has 4 rings (SSSR count). The van der Waals surface area contributed by atoms with Crippen LogP contribution in [0.4, 0.5) is 5.13 Å². The molecule has 0 unspecified atom stereocenters. The topological polar surface area (TPSA) is 86.0 Å². The minimum Gasteiger partial charge on any atom is -0.376 e. The molecule has 3 heterocycles. The van der Waals surface area contributed by atoms with E-state index in [-0.39, 0.29) is 6.10 Å². The maximum absolute atomic E-state index is 5.60. The molecule has 1 N–H and O–H groups in total. The Balaban J connectivity index is 1.29. The number of benzene rings is 1. The summed E-state index contributed by atoms with van der Waals surface area (Å²) in [5, 5.41) is 16.6. The van der Waals surface area contributed by atoms with E-state index in [4.69, 9.17) is 9.26 Å². The zero-order valence-corrected chi connectivity index (χ0v) is 17.6. The highest BCUT2D eigenvalue weighted by Crippen LogP contribution is 2.29. The fourth-order valence-corrected chi connectivity index (χ4v) is 4.51. The number of nitrogens with zero attached hydrogens (tertiary/aromatic N) is 4. The van der Waals surface area contributed by atoms with Crippen LogP contribution in [0.2, 0.25) is 0 Å². The van der Waals surface area contributed by atoms with Crippen LogP contribution in [0.5, 0.6) is 0 Å². The van der Waals surface area contributed by atoms with E-state index in [1.165, 1.54) is 16.9 Å². The Hall–Kier alpha value is -1.97. The molecule has 0 amide bonds. The monoisotopic (exact) mass is 417 g/mol. The minimum atomic E-state index is 0.284. The number of nitrogens with one attached hydrogen (secondary N) is 1. The van der Waals surface area contributed by atoms with Gasteiger partial charge < -0.3 is 14.6 Å². The van der Waals surface area contributed by atoms with E-state index in [1.807, 2.05) is 12.1 Å². The van der Waals surface area contributed by atoms with E-state index in [9.17, 15) is 0 Å². The zero-order chi connectivity index (χ0) is 19.3. The first-order valence-electron chi connectivity index (χ1n) is 9.42. The van der Waals surface area contributed by atoms with Crippen molar-refractivity contribution in [2.75, 3.05) is 18.5 Å². The van der Waals surface area contributed by atoms with E-state index in [1.54, 1.807) is 11.8 Å². The van der Waals surface area contributed by atoms with Gasteiger partial charge in [0.2, 0.25) is 16.8 Å². The quantitative estimate of drug-likeness (QED) is 0.533. The SMILES string of the molecule is CC(C)c1ccc(-c2noc(CSc3nnc(NC[C@@H]4CCCO4)s3)n2)cc1. The first kappa shape index (κ1) is 19.4. The smallest absolute Gasteiger partial charge is 0.237 e. The lowest BCUT2D eigenvalue weighted by Gasteiger charge is -2.08. The highest BCUT2D eigenvalue weighted by molar-refractivity contribution is 8.00. The first-order chi connectivity index (χ1) is 13.7. The number of hydrogen-bond donors (Lipinski definition) is 1. The third-order valence-corrected chi connectivity index (χ3v) is 6.53. The highest BCUT2D eigenvalue weighted by atomic mass is 32.2. The number of rotatable bonds is 8. The second-order valence-corrected chi connectivity index (χ2v) is 9.17. The van der Waals surface area contributed by atoms with Crippen LogP contribution in [-0.4, -0.2) is 39.6 Å². The van der Waals surface area contributed by atoms with Crippen molar-refractivity contribution < 1.29 is 9.26 Å². The Morgan fingerprint density at radius 3 is 2.86 bits per heavy atom. The largest absolute Gasteiger partial charge is 0.376 e. The Bertz CT molecular complexity index is 888. The highest BCUT2D eigenvalue weighted by Gasteiger charge is 2.16. The number of hydrogen-bond acceptors (Lipinski definition) is 9. The molecule has 1 aromatic carbocycles. The molecule has 3 aromatic rings. The molecule has 0 saturated carbocycles. The van der Waals surface area contributed by atoms with E-state index >= 15 is 0 Å². The van der Waals surface area contributed by atoms with Crippen LogP contribution >= 0.6 is 23.1 Å². The molecule has 1 aliphatic heterocycles. The molecule has 9 heteroatoms. The summed E-state index contributed by atoms with van der Waals surface area (Å²) in [6.45, 7) is 5.99. The predicted molar refractivity (Wildman–Crippen MR) is 111 cm³/mol. The Labute approximate surface area is 172 Å². The fourth-order valence-electron chi connectivity index (χ4n) is 2.92. The van der Waals surface area contributed by atoms with Crippen molar-refractivity contribution in [2.24, 2.45) is 0 Å². The summed E-state index contributed by atoms with van der Waals surface area (Å²) in [4.78, 5) is 4.49. The predicted octanol–water partition coefficient (Wildman–Crippen LogP) is 4.59. The molecule has 1 atom stereocenters. The van der Waals surface area contributed by atoms with Crippen LogP contribution < -0.4 is 5.32 Å². The average molecular weight is 418 g/mol. The lowest BCUT2D eigenvalue weighted by molar-refractivity contribution is 0.120. The van der Waals surface area contributed by atoms with Gasteiger partial charge in [-0.15, -0.1) is 10.2 Å². The lowest BCUT2D eigenvalue weighted by atomic mass is 10.0. The van der Waals surface area contributed by atoms with Crippen LogP contribution in [0.15, 0.2) is 33.1 Å². The standard InChI is InChI=1S/C19H23N5O2S2/c1-12(2)13-5-7-14(8-6-13)17-21-16(26-24-17)11-27-19-23-22-18(28-19)20-10-15-4-3-9-25-15/h5-8,12,15H,3-4,9-11H2,1-2H3,(H,20,22)/t15-/m0/s1. The molecule has 1 aliphatic rings. The molecule has 1 fully saturated rings. The molecular weight excluding hydrogens is 394 g/mol. The van der Waals surface area contributed by atoms with Gasteiger partial charge in [-0.2, -0.15) is 4.98 Å². The summed E-state index contributed by atoms with van der Waals surface area (Å²) in [6.07, 6.45) is 2.52. The molecule has 2 aromatic heterocycles. The number of ether oxygens (including phenoxy) is 1. The van der Waals surface area contributed by atoms with Crippen molar-refractivity contribution in [3.8, 4) is 11.4 Å². The Kier molecular flexibility index (Phi) is 6.23. The minimum absolute atomic E-state index is 0.284. The van der Waals surface area contributed by atoms with E-state index in [0.717, 1.165) is 41.0 Å². The number of aromatic nitrogens is 4. The Morgan fingerprint density at radius 1 is 1.25 bits per heavy atom. The van der Waals surface area contributed by atoms with Crippen molar-refractivity contribution in [3.05, 3.63) is 35.7 Å². The zero-order valence-electron chi connectivity index (χ0n) is 15.9. The van der Waals surface area contributed by atoms with Crippen LogP contribution in [-0.2, 0) is 10.5 Å².